The number of hydrogen-bond acceptors (Lipinski definition) is 6. The van der Waals surface area contributed by atoms with Crippen molar-refractivity contribution in [2.45, 2.75) is 0 Å². The number of methoxy groups -OCH3 is 2. The molecular weight excluding hydrogens is 470 g/mol. The third-order valence-electron chi connectivity index (χ3n) is 3.74. The molecule has 134 valence electrons. The summed E-state index contributed by atoms with van der Waals surface area (Å²) in [4.78, 5) is 26.4. The van der Waals surface area contributed by atoms with Gasteiger partial charge in [0.25, 0.3) is 0 Å². The smallest absolute Gasteiger partial charge is 0.355 e. The van der Waals surface area contributed by atoms with Crippen LogP contribution in [0.15, 0.2) is 56.9 Å². The Hall–Kier alpha value is -2.39. The van der Waals surface area contributed by atoms with Gasteiger partial charge in [0.1, 0.15) is 5.70 Å². The molecule has 1 aromatic heterocycles. The number of ether oxygens (including phenoxy) is 2. The maximum absolute atomic E-state index is 12.5. The Morgan fingerprint density at radius 3 is 2.54 bits per heavy atom. The summed E-state index contributed by atoms with van der Waals surface area (Å²) in [6, 6.07) is 1.83. The number of esters is 2. The Labute approximate surface area is 165 Å². The molecule has 3 rings (SSSR count). The third kappa shape index (κ3) is 3.08. The van der Waals surface area contributed by atoms with Gasteiger partial charge in [-0.05, 0) is 50.1 Å². The number of fused-ring (bicyclic) bond motifs is 1. The molecule has 1 aromatic carbocycles. The molecule has 9 heteroatoms. The number of carbonyl (C=O) groups is 2. The van der Waals surface area contributed by atoms with Gasteiger partial charge in [0.2, 0.25) is 0 Å². The normalized spacial score (nSPS) is 13.9. The maximum atomic E-state index is 12.5. The second-order valence-electron chi connectivity index (χ2n) is 5.16. The Kier molecular flexibility index (Phi) is 5.28. The summed E-state index contributed by atoms with van der Waals surface area (Å²) in [7, 11) is 2.51. The van der Waals surface area contributed by atoms with E-state index in [0.29, 0.717) is 10.2 Å². The van der Waals surface area contributed by atoms with Gasteiger partial charge >= 0.3 is 11.9 Å². The van der Waals surface area contributed by atoms with Crippen molar-refractivity contribution in [1.29, 1.82) is 0 Å². The number of halogens is 2. The minimum Gasteiger partial charge on any atom is -0.465 e. The number of hydrogen-bond donors (Lipinski definition) is 1. The Morgan fingerprint density at radius 1 is 1.12 bits per heavy atom. The number of aromatic nitrogens is 2. The lowest BCUT2D eigenvalue weighted by molar-refractivity contribution is -0.139. The average Bonchev–Trinajstić information content (AvgIpc) is 3.01. The molecule has 0 bridgehead atoms. The van der Waals surface area contributed by atoms with Crippen LogP contribution >= 0.6 is 31.9 Å². The standard InChI is InChI=1S/C17H13Br2N3O4/c1-25-16(23)9-5-3-4-6-22(15(9)17(24)26-2)14-10-8-20-21-13(10)11(18)7-12(14)19/h3-8H,1-2H3,(H,20,21). The number of benzene rings is 1. The zero-order valence-electron chi connectivity index (χ0n) is 13.7. The first-order chi connectivity index (χ1) is 12.5. The molecule has 2 heterocycles. The van der Waals surface area contributed by atoms with Crippen LogP contribution in [0.25, 0.3) is 10.9 Å². The molecule has 0 unspecified atom stereocenters. The zero-order valence-corrected chi connectivity index (χ0v) is 16.9. The van der Waals surface area contributed by atoms with Crippen LogP contribution in [0.1, 0.15) is 0 Å². The van der Waals surface area contributed by atoms with Crippen LogP contribution < -0.4 is 4.90 Å². The van der Waals surface area contributed by atoms with Crippen LogP contribution in [-0.2, 0) is 19.1 Å². The largest absolute Gasteiger partial charge is 0.465 e. The lowest BCUT2D eigenvalue weighted by Crippen LogP contribution is -2.27. The molecule has 1 aliphatic rings. The predicted molar refractivity (Wildman–Crippen MR) is 103 cm³/mol. The highest BCUT2D eigenvalue weighted by molar-refractivity contribution is 9.11. The van der Waals surface area contributed by atoms with E-state index in [9.17, 15) is 9.59 Å². The molecule has 0 aliphatic carbocycles. The van der Waals surface area contributed by atoms with E-state index in [4.69, 9.17) is 9.47 Å². The summed E-state index contributed by atoms with van der Waals surface area (Å²) >= 11 is 7.00. The van der Waals surface area contributed by atoms with E-state index in [1.807, 2.05) is 6.07 Å². The van der Waals surface area contributed by atoms with Crippen molar-refractivity contribution in [3.63, 3.8) is 0 Å². The van der Waals surface area contributed by atoms with Gasteiger partial charge in [0, 0.05) is 20.5 Å². The third-order valence-corrected chi connectivity index (χ3v) is 4.97. The molecule has 26 heavy (non-hydrogen) atoms. The van der Waals surface area contributed by atoms with Crippen LogP contribution in [0, 0.1) is 0 Å². The van der Waals surface area contributed by atoms with E-state index in [0.717, 1.165) is 15.4 Å². The highest BCUT2D eigenvalue weighted by atomic mass is 79.9. The molecule has 1 N–H and O–H groups in total. The molecule has 0 atom stereocenters. The van der Waals surface area contributed by atoms with Crippen molar-refractivity contribution >= 4 is 60.4 Å². The molecule has 0 fully saturated rings. The van der Waals surface area contributed by atoms with Gasteiger partial charge in [-0.2, -0.15) is 5.10 Å². The molecule has 0 amide bonds. The molecule has 0 saturated heterocycles. The van der Waals surface area contributed by atoms with Gasteiger partial charge < -0.3 is 14.4 Å². The van der Waals surface area contributed by atoms with Gasteiger partial charge in [0.05, 0.1) is 37.2 Å². The van der Waals surface area contributed by atoms with Gasteiger partial charge in [-0.25, -0.2) is 9.59 Å². The van der Waals surface area contributed by atoms with Gasteiger partial charge in [0.15, 0.2) is 0 Å². The fourth-order valence-corrected chi connectivity index (χ4v) is 4.08. The minimum absolute atomic E-state index is 0.0369. The van der Waals surface area contributed by atoms with Gasteiger partial charge in [-0.3, -0.25) is 5.10 Å². The van der Waals surface area contributed by atoms with Crippen LogP contribution in [0.5, 0.6) is 0 Å². The van der Waals surface area contributed by atoms with Crippen molar-refractivity contribution < 1.29 is 19.1 Å². The average molecular weight is 483 g/mol. The van der Waals surface area contributed by atoms with Crippen LogP contribution in [0.4, 0.5) is 5.69 Å². The van der Waals surface area contributed by atoms with E-state index in [1.165, 1.54) is 20.3 Å². The number of nitrogens with zero attached hydrogens (tertiary/aromatic N) is 2. The van der Waals surface area contributed by atoms with E-state index in [1.54, 1.807) is 29.4 Å². The fourth-order valence-electron chi connectivity index (χ4n) is 2.61. The SMILES string of the molecule is COC(=O)C1=C(C(=O)OC)N(c2c(Br)cc(Br)c3[nH]ncc23)C=CC=C1. The second-order valence-corrected chi connectivity index (χ2v) is 6.87. The Morgan fingerprint density at radius 2 is 1.85 bits per heavy atom. The lowest BCUT2D eigenvalue weighted by atomic mass is 10.1. The first-order valence-corrected chi connectivity index (χ1v) is 8.94. The van der Waals surface area contributed by atoms with Gasteiger partial charge in [-0.15, -0.1) is 0 Å². The molecule has 2 aromatic rings. The van der Waals surface area contributed by atoms with Crippen molar-refractivity contribution in [3.8, 4) is 0 Å². The molecule has 1 aliphatic heterocycles. The summed E-state index contributed by atoms with van der Waals surface area (Å²) in [5.41, 5.74) is 1.49. The number of carbonyl (C=O) groups excluding carboxylic acids is 2. The maximum Gasteiger partial charge on any atom is 0.355 e. The zero-order chi connectivity index (χ0) is 18.8. The minimum atomic E-state index is -0.673. The Balaban J connectivity index is 2.34. The van der Waals surface area contributed by atoms with Crippen molar-refractivity contribution in [3.05, 3.63) is 56.9 Å². The van der Waals surface area contributed by atoms with Crippen LogP contribution in [0.2, 0.25) is 0 Å². The number of H-pyrrole nitrogens is 1. The van der Waals surface area contributed by atoms with Crippen molar-refractivity contribution in [1.82, 2.24) is 10.2 Å². The predicted octanol–water partition coefficient (Wildman–Crippen LogP) is 3.58. The number of nitrogens with one attached hydrogen (secondary N) is 1. The monoisotopic (exact) mass is 481 g/mol. The number of allylic oxidation sites excluding steroid dienone is 2. The molecule has 0 saturated carbocycles. The number of anilines is 1. The van der Waals surface area contributed by atoms with Crippen molar-refractivity contribution in [2.24, 2.45) is 0 Å². The summed E-state index contributed by atoms with van der Waals surface area (Å²) < 4.78 is 11.2. The summed E-state index contributed by atoms with van der Waals surface area (Å²) in [5, 5.41) is 7.72. The first-order valence-electron chi connectivity index (χ1n) is 7.35. The first kappa shape index (κ1) is 18.4. The van der Waals surface area contributed by atoms with Crippen LogP contribution in [0.3, 0.4) is 0 Å². The molecular formula is C17H13Br2N3O4. The van der Waals surface area contributed by atoms with Crippen LogP contribution in [-0.4, -0.2) is 36.4 Å². The summed E-state index contributed by atoms with van der Waals surface area (Å²) in [6.45, 7) is 0. The Bertz CT molecular complexity index is 991. The molecule has 0 spiro atoms. The van der Waals surface area contributed by atoms with E-state index >= 15 is 0 Å². The van der Waals surface area contributed by atoms with E-state index in [2.05, 4.69) is 42.1 Å². The topological polar surface area (TPSA) is 84.5 Å². The number of aromatic amines is 1. The second kappa shape index (κ2) is 7.46. The summed E-state index contributed by atoms with van der Waals surface area (Å²) in [6.07, 6.45) is 8.17. The highest BCUT2D eigenvalue weighted by Gasteiger charge is 2.30. The highest BCUT2D eigenvalue weighted by Crippen LogP contribution is 2.40. The fraction of sp³-hybridized carbons (Fsp3) is 0.118. The summed E-state index contributed by atoms with van der Waals surface area (Å²) in [5.74, 6) is -1.32. The lowest BCUT2D eigenvalue weighted by Gasteiger charge is -2.25. The van der Waals surface area contributed by atoms with Gasteiger partial charge in [-0.1, -0.05) is 6.08 Å². The van der Waals surface area contributed by atoms with E-state index in [-0.39, 0.29) is 11.3 Å². The quantitative estimate of drug-likeness (QED) is 0.673. The molecule has 0 radical (unpaired) electrons. The van der Waals surface area contributed by atoms with E-state index < -0.39 is 11.9 Å². The number of rotatable bonds is 3. The molecule has 7 nitrogen and oxygen atoms in total. The van der Waals surface area contributed by atoms with Crippen molar-refractivity contribution in [2.75, 3.05) is 19.1 Å².